The summed E-state index contributed by atoms with van der Waals surface area (Å²) in [4.78, 5) is 11.8. The van der Waals surface area contributed by atoms with Crippen LogP contribution < -0.4 is 14.9 Å². The maximum atomic E-state index is 11.8. The molecule has 5 nitrogen and oxygen atoms in total. The van der Waals surface area contributed by atoms with E-state index in [1.807, 2.05) is 54.6 Å². The lowest BCUT2D eigenvalue weighted by Crippen LogP contribution is -2.24. The van der Waals surface area contributed by atoms with E-state index in [0.717, 1.165) is 21.3 Å². The lowest BCUT2D eigenvalue weighted by atomic mass is 10.2. The Kier molecular flexibility index (Phi) is 7.21. The third-order valence-electron chi connectivity index (χ3n) is 3.74. The molecule has 28 heavy (non-hydrogen) atoms. The molecule has 1 N–H and O–H groups in total. The Balaban J connectivity index is 1.41. The molecule has 0 spiro atoms. The van der Waals surface area contributed by atoms with Gasteiger partial charge in [-0.05, 0) is 35.9 Å². The van der Waals surface area contributed by atoms with Crippen LogP contribution in [0.5, 0.6) is 11.5 Å². The van der Waals surface area contributed by atoms with Crippen LogP contribution in [0.15, 0.2) is 88.4 Å². The van der Waals surface area contributed by atoms with Crippen molar-refractivity contribution in [3.63, 3.8) is 0 Å². The molecule has 0 aromatic heterocycles. The molecule has 0 fully saturated rings. The fourth-order valence-electron chi connectivity index (χ4n) is 2.31. The van der Waals surface area contributed by atoms with Crippen LogP contribution in [0.1, 0.15) is 11.1 Å². The van der Waals surface area contributed by atoms with Crippen molar-refractivity contribution in [2.24, 2.45) is 5.10 Å². The summed E-state index contributed by atoms with van der Waals surface area (Å²) < 4.78 is 12.1. The van der Waals surface area contributed by atoms with Crippen molar-refractivity contribution >= 4 is 28.1 Å². The van der Waals surface area contributed by atoms with Crippen molar-refractivity contribution in [2.45, 2.75) is 6.61 Å². The second-order valence-electron chi connectivity index (χ2n) is 5.85. The number of nitrogens with one attached hydrogen (secondary N) is 1. The van der Waals surface area contributed by atoms with Gasteiger partial charge in [0.1, 0.15) is 18.1 Å². The van der Waals surface area contributed by atoms with E-state index in [1.165, 1.54) is 0 Å². The summed E-state index contributed by atoms with van der Waals surface area (Å²) in [6.45, 7) is 0.372. The van der Waals surface area contributed by atoms with Crippen molar-refractivity contribution in [1.82, 2.24) is 5.43 Å². The standard InChI is InChI=1S/C22H19BrN2O3/c23-21-9-5-4-8-18(21)14-24-25-22(26)16-28-20-12-10-19(11-13-20)27-15-17-6-2-1-3-7-17/h1-14H,15-16H2,(H,25,26). The Morgan fingerprint density at radius 3 is 2.25 bits per heavy atom. The molecule has 0 unspecified atom stereocenters. The van der Waals surface area contributed by atoms with E-state index in [4.69, 9.17) is 9.47 Å². The highest BCUT2D eigenvalue weighted by Crippen LogP contribution is 2.18. The minimum absolute atomic E-state index is 0.127. The summed E-state index contributed by atoms with van der Waals surface area (Å²) in [6.07, 6.45) is 1.57. The Labute approximate surface area is 172 Å². The second kappa shape index (κ2) is 10.3. The Bertz CT molecular complexity index is 928. The van der Waals surface area contributed by atoms with Gasteiger partial charge in [0.05, 0.1) is 6.21 Å². The van der Waals surface area contributed by atoms with Gasteiger partial charge in [-0.1, -0.05) is 64.5 Å². The largest absolute Gasteiger partial charge is 0.489 e. The van der Waals surface area contributed by atoms with Gasteiger partial charge >= 0.3 is 0 Å². The number of rotatable bonds is 8. The second-order valence-corrected chi connectivity index (χ2v) is 6.70. The van der Waals surface area contributed by atoms with Crippen LogP contribution in [0.4, 0.5) is 0 Å². The smallest absolute Gasteiger partial charge is 0.277 e. The van der Waals surface area contributed by atoms with Crippen molar-refractivity contribution in [3.05, 3.63) is 94.5 Å². The average Bonchev–Trinajstić information content (AvgIpc) is 2.74. The number of hydrazone groups is 1. The van der Waals surface area contributed by atoms with Crippen LogP contribution in [0.25, 0.3) is 0 Å². The first-order chi connectivity index (χ1) is 13.7. The summed E-state index contributed by atoms with van der Waals surface area (Å²) in [7, 11) is 0. The zero-order chi connectivity index (χ0) is 19.6. The predicted molar refractivity (Wildman–Crippen MR) is 113 cm³/mol. The highest BCUT2D eigenvalue weighted by Gasteiger charge is 2.03. The van der Waals surface area contributed by atoms with E-state index >= 15 is 0 Å². The van der Waals surface area contributed by atoms with E-state index in [-0.39, 0.29) is 12.5 Å². The molecule has 0 atom stereocenters. The van der Waals surface area contributed by atoms with Crippen molar-refractivity contribution in [2.75, 3.05) is 6.61 Å². The minimum Gasteiger partial charge on any atom is -0.489 e. The number of carbonyl (C=O) groups is 1. The molecular weight excluding hydrogens is 420 g/mol. The Hall–Kier alpha value is -3.12. The van der Waals surface area contributed by atoms with Crippen LogP contribution >= 0.6 is 15.9 Å². The summed E-state index contributed by atoms with van der Waals surface area (Å²) in [5.41, 5.74) is 4.41. The third-order valence-corrected chi connectivity index (χ3v) is 4.46. The van der Waals surface area contributed by atoms with Crippen molar-refractivity contribution in [3.8, 4) is 11.5 Å². The predicted octanol–water partition coefficient (Wildman–Crippen LogP) is 4.56. The minimum atomic E-state index is -0.340. The first-order valence-corrected chi connectivity index (χ1v) is 9.46. The van der Waals surface area contributed by atoms with Crippen LogP contribution in [0.2, 0.25) is 0 Å². The average molecular weight is 439 g/mol. The van der Waals surface area contributed by atoms with Gasteiger partial charge in [0.25, 0.3) is 5.91 Å². The topological polar surface area (TPSA) is 59.9 Å². The summed E-state index contributed by atoms with van der Waals surface area (Å²) in [5.74, 6) is 0.975. The van der Waals surface area contributed by atoms with Gasteiger partial charge < -0.3 is 9.47 Å². The summed E-state index contributed by atoms with van der Waals surface area (Å²) in [5, 5.41) is 3.93. The van der Waals surface area contributed by atoms with Gasteiger partial charge in [-0.15, -0.1) is 0 Å². The molecule has 0 radical (unpaired) electrons. The molecule has 142 valence electrons. The number of halogens is 1. The van der Waals surface area contributed by atoms with Crippen LogP contribution in [-0.2, 0) is 11.4 Å². The number of carbonyl (C=O) groups excluding carboxylic acids is 1. The molecular formula is C22H19BrN2O3. The van der Waals surface area contributed by atoms with Gasteiger partial charge in [-0.3, -0.25) is 4.79 Å². The molecule has 3 aromatic carbocycles. The fourth-order valence-corrected chi connectivity index (χ4v) is 2.69. The van der Waals surface area contributed by atoms with E-state index in [9.17, 15) is 4.79 Å². The van der Waals surface area contributed by atoms with Gasteiger partial charge in [0, 0.05) is 10.0 Å². The molecule has 3 aromatic rings. The monoisotopic (exact) mass is 438 g/mol. The molecule has 0 aliphatic carbocycles. The fraction of sp³-hybridized carbons (Fsp3) is 0.0909. The summed E-state index contributed by atoms with van der Waals surface area (Å²) >= 11 is 3.42. The SMILES string of the molecule is O=C(COc1ccc(OCc2ccccc2)cc1)NN=Cc1ccccc1Br. The van der Waals surface area contributed by atoms with Gasteiger partial charge in [-0.2, -0.15) is 5.10 Å². The quantitative estimate of drug-likeness (QED) is 0.414. The first kappa shape index (κ1) is 19.6. The Morgan fingerprint density at radius 2 is 1.54 bits per heavy atom. The number of ether oxygens (including phenoxy) is 2. The lowest BCUT2D eigenvalue weighted by Gasteiger charge is -2.08. The van der Waals surface area contributed by atoms with Gasteiger partial charge in [0.15, 0.2) is 6.61 Å². The van der Waals surface area contributed by atoms with E-state index in [0.29, 0.717) is 12.4 Å². The molecule has 0 heterocycles. The van der Waals surface area contributed by atoms with E-state index in [1.54, 1.807) is 30.5 Å². The molecule has 3 rings (SSSR count). The van der Waals surface area contributed by atoms with Crippen LogP contribution in [0, 0.1) is 0 Å². The molecule has 0 saturated heterocycles. The lowest BCUT2D eigenvalue weighted by molar-refractivity contribution is -0.123. The maximum Gasteiger partial charge on any atom is 0.277 e. The molecule has 0 saturated carbocycles. The molecule has 0 aliphatic heterocycles. The van der Waals surface area contributed by atoms with Crippen molar-refractivity contribution in [1.29, 1.82) is 0 Å². The van der Waals surface area contributed by atoms with Crippen molar-refractivity contribution < 1.29 is 14.3 Å². The van der Waals surface area contributed by atoms with E-state index in [2.05, 4.69) is 26.5 Å². The molecule has 1 amide bonds. The number of benzene rings is 3. The highest BCUT2D eigenvalue weighted by molar-refractivity contribution is 9.10. The first-order valence-electron chi connectivity index (χ1n) is 8.67. The van der Waals surface area contributed by atoms with Crippen LogP contribution in [-0.4, -0.2) is 18.7 Å². The highest BCUT2D eigenvalue weighted by atomic mass is 79.9. The zero-order valence-corrected chi connectivity index (χ0v) is 16.6. The van der Waals surface area contributed by atoms with Gasteiger partial charge in [0.2, 0.25) is 0 Å². The zero-order valence-electron chi connectivity index (χ0n) is 15.0. The van der Waals surface area contributed by atoms with Gasteiger partial charge in [-0.25, -0.2) is 5.43 Å². The molecule has 6 heteroatoms. The van der Waals surface area contributed by atoms with Crippen LogP contribution in [0.3, 0.4) is 0 Å². The molecule has 0 bridgehead atoms. The number of hydrogen-bond donors (Lipinski definition) is 1. The third kappa shape index (κ3) is 6.25. The molecule has 0 aliphatic rings. The Morgan fingerprint density at radius 1 is 0.893 bits per heavy atom. The van der Waals surface area contributed by atoms with E-state index < -0.39 is 0 Å². The number of hydrogen-bond acceptors (Lipinski definition) is 4. The number of nitrogens with zero attached hydrogens (tertiary/aromatic N) is 1. The number of amides is 1. The normalized spacial score (nSPS) is 10.6. The maximum absolute atomic E-state index is 11.8. The summed E-state index contributed by atoms with van der Waals surface area (Å²) in [6, 6.07) is 24.7.